The highest BCUT2D eigenvalue weighted by Crippen LogP contribution is 2.12. The Labute approximate surface area is 89.6 Å². The number of nitrogens with two attached hydrogens (primary N) is 1. The van der Waals surface area contributed by atoms with Gasteiger partial charge in [0.25, 0.3) is 0 Å². The summed E-state index contributed by atoms with van der Waals surface area (Å²) in [5.74, 6) is 0.514. The molecule has 1 unspecified atom stereocenters. The molecule has 0 amide bonds. The molecule has 1 aromatic rings. The summed E-state index contributed by atoms with van der Waals surface area (Å²) in [6.07, 6.45) is 1.60. The highest BCUT2D eigenvalue weighted by Gasteiger charge is 2.10. The van der Waals surface area contributed by atoms with Crippen LogP contribution in [0.5, 0.6) is 5.88 Å². The van der Waals surface area contributed by atoms with Gasteiger partial charge in [-0.1, -0.05) is 0 Å². The molecule has 0 aromatic carbocycles. The van der Waals surface area contributed by atoms with Crippen LogP contribution in [-0.4, -0.2) is 29.8 Å². The Balaban J connectivity index is 2.60. The van der Waals surface area contributed by atoms with Crippen LogP contribution < -0.4 is 10.5 Å². The molecule has 1 aromatic heterocycles. The summed E-state index contributed by atoms with van der Waals surface area (Å²) in [4.78, 5) is 7.97. The summed E-state index contributed by atoms with van der Waals surface area (Å²) in [5.41, 5.74) is 6.62. The van der Waals surface area contributed by atoms with Crippen molar-refractivity contribution in [2.75, 3.05) is 13.7 Å². The molecule has 0 spiro atoms. The van der Waals surface area contributed by atoms with Gasteiger partial charge < -0.3 is 15.2 Å². The van der Waals surface area contributed by atoms with Crippen LogP contribution in [0, 0.1) is 0 Å². The van der Waals surface area contributed by atoms with Crippen molar-refractivity contribution in [3.05, 3.63) is 18.1 Å². The van der Waals surface area contributed by atoms with E-state index in [2.05, 4.69) is 9.97 Å². The first-order chi connectivity index (χ1) is 7.13. The minimum absolute atomic E-state index is 0.166. The number of hydrogen-bond acceptors (Lipinski definition) is 5. The maximum absolute atomic E-state index is 5.90. The molecule has 0 radical (unpaired) electrons. The quantitative estimate of drug-likeness (QED) is 0.783. The zero-order valence-corrected chi connectivity index (χ0v) is 9.30. The van der Waals surface area contributed by atoms with Crippen molar-refractivity contribution in [1.29, 1.82) is 0 Å². The van der Waals surface area contributed by atoms with Gasteiger partial charge in [-0.2, -0.15) is 0 Å². The van der Waals surface area contributed by atoms with Gasteiger partial charge in [0, 0.05) is 6.07 Å². The second kappa shape index (κ2) is 5.63. The summed E-state index contributed by atoms with van der Waals surface area (Å²) in [6.45, 7) is 4.37. The van der Waals surface area contributed by atoms with Crippen LogP contribution in [0.25, 0.3) is 0 Å². The molecule has 0 bridgehead atoms. The number of ether oxygens (including phenoxy) is 2. The smallest absolute Gasteiger partial charge is 0.216 e. The fourth-order valence-corrected chi connectivity index (χ4v) is 1.05. The number of rotatable bonds is 5. The van der Waals surface area contributed by atoms with E-state index in [0.717, 1.165) is 5.69 Å². The number of nitrogens with zero attached hydrogens (tertiary/aromatic N) is 2. The largest absolute Gasteiger partial charge is 0.481 e. The predicted molar refractivity (Wildman–Crippen MR) is 56.6 cm³/mol. The average Bonchev–Trinajstić information content (AvgIpc) is 2.26. The summed E-state index contributed by atoms with van der Waals surface area (Å²) in [7, 11) is 1.56. The lowest BCUT2D eigenvalue weighted by Crippen LogP contribution is -2.20. The average molecular weight is 211 g/mol. The topological polar surface area (TPSA) is 70.3 Å². The SMILES string of the molecule is COc1cc(C(N)COC(C)C)ncn1. The Morgan fingerprint density at radius 1 is 1.40 bits per heavy atom. The zero-order chi connectivity index (χ0) is 11.3. The van der Waals surface area contributed by atoms with Crippen molar-refractivity contribution >= 4 is 0 Å². The first kappa shape index (κ1) is 11.9. The van der Waals surface area contributed by atoms with Crippen LogP contribution in [0.15, 0.2) is 12.4 Å². The van der Waals surface area contributed by atoms with Crippen molar-refractivity contribution in [2.45, 2.75) is 26.0 Å². The first-order valence-electron chi connectivity index (χ1n) is 4.86. The van der Waals surface area contributed by atoms with Gasteiger partial charge in [0.1, 0.15) is 6.33 Å². The molecule has 5 nitrogen and oxygen atoms in total. The standard InChI is InChI=1S/C10H17N3O2/c1-7(2)15-5-8(11)9-4-10(14-3)13-6-12-9/h4,6-8H,5,11H2,1-3H3. The molecule has 1 heterocycles. The van der Waals surface area contributed by atoms with E-state index in [9.17, 15) is 0 Å². The summed E-state index contributed by atoms with van der Waals surface area (Å²) in [6, 6.07) is 1.47. The fraction of sp³-hybridized carbons (Fsp3) is 0.600. The molecule has 0 aliphatic carbocycles. The second-order valence-corrected chi connectivity index (χ2v) is 3.47. The Morgan fingerprint density at radius 3 is 2.73 bits per heavy atom. The normalized spacial score (nSPS) is 12.9. The van der Waals surface area contributed by atoms with E-state index >= 15 is 0 Å². The lowest BCUT2D eigenvalue weighted by molar-refractivity contribution is 0.0676. The molecule has 0 saturated heterocycles. The molecule has 0 saturated carbocycles. The Hall–Kier alpha value is -1.20. The third kappa shape index (κ3) is 3.81. The molecule has 1 rings (SSSR count). The molecule has 1 atom stereocenters. The maximum Gasteiger partial charge on any atom is 0.216 e. The maximum atomic E-state index is 5.90. The van der Waals surface area contributed by atoms with E-state index < -0.39 is 0 Å². The van der Waals surface area contributed by atoms with Crippen LogP contribution in [0.1, 0.15) is 25.6 Å². The van der Waals surface area contributed by atoms with E-state index in [1.54, 1.807) is 13.2 Å². The first-order valence-corrected chi connectivity index (χ1v) is 4.86. The van der Waals surface area contributed by atoms with E-state index in [4.69, 9.17) is 15.2 Å². The molecular weight excluding hydrogens is 194 g/mol. The Bertz CT molecular complexity index is 304. The highest BCUT2D eigenvalue weighted by atomic mass is 16.5. The molecule has 0 aliphatic rings. The van der Waals surface area contributed by atoms with Crippen molar-refractivity contribution in [3.63, 3.8) is 0 Å². The summed E-state index contributed by atoms with van der Waals surface area (Å²) in [5, 5.41) is 0. The third-order valence-electron chi connectivity index (χ3n) is 1.86. The molecule has 0 fully saturated rings. The molecule has 15 heavy (non-hydrogen) atoms. The van der Waals surface area contributed by atoms with E-state index in [0.29, 0.717) is 12.5 Å². The van der Waals surface area contributed by atoms with Crippen molar-refractivity contribution in [3.8, 4) is 5.88 Å². The molecule has 0 aliphatic heterocycles. The van der Waals surface area contributed by atoms with Gasteiger partial charge in [-0.05, 0) is 13.8 Å². The van der Waals surface area contributed by atoms with Crippen molar-refractivity contribution in [2.24, 2.45) is 5.73 Å². The van der Waals surface area contributed by atoms with Gasteiger partial charge in [-0.3, -0.25) is 0 Å². The summed E-state index contributed by atoms with van der Waals surface area (Å²) >= 11 is 0. The van der Waals surface area contributed by atoms with Crippen LogP contribution >= 0.6 is 0 Å². The molecular formula is C10H17N3O2. The Kier molecular flexibility index (Phi) is 4.45. The minimum atomic E-state index is -0.246. The van der Waals surface area contributed by atoms with Gasteiger partial charge >= 0.3 is 0 Å². The van der Waals surface area contributed by atoms with E-state index in [1.807, 2.05) is 13.8 Å². The van der Waals surface area contributed by atoms with Crippen LogP contribution in [0.4, 0.5) is 0 Å². The van der Waals surface area contributed by atoms with Gasteiger partial charge in [-0.25, -0.2) is 9.97 Å². The monoisotopic (exact) mass is 211 g/mol. The lowest BCUT2D eigenvalue weighted by atomic mass is 10.2. The minimum Gasteiger partial charge on any atom is -0.481 e. The highest BCUT2D eigenvalue weighted by molar-refractivity contribution is 5.16. The van der Waals surface area contributed by atoms with Gasteiger partial charge in [0.2, 0.25) is 5.88 Å². The number of methoxy groups -OCH3 is 1. The van der Waals surface area contributed by atoms with Gasteiger partial charge in [-0.15, -0.1) is 0 Å². The van der Waals surface area contributed by atoms with Gasteiger partial charge in [0.05, 0.1) is 31.6 Å². The van der Waals surface area contributed by atoms with Crippen LogP contribution in [0.2, 0.25) is 0 Å². The zero-order valence-electron chi connectivity index (χ0n) is 9.30. The molecule has 84 valence electrons. The van der Waals surface area contributed by atoms with Crippen molar-refractivity contribution < 1.29 is 9.47 Å². The number of hydrogen-bond donors (Lipinski definition) is 1. The van der Waals surface area contributed by atoms with Crippen LogP contribution in [-0.2, 0) is 4.74 Å². The second-order valence-electron chi connectivity index (χ2n) is 3.47. The Morgan fingerprint density at radius 2 is 2.13 bits per heavy atom. The van der Waals surface area contributed by atoms with Gasteiger partial charge in [0.15, 0.2) is 0 Å². The fourth-order valence-electron chi connectivity index (χ4n) is 1.05. The number of aromatic nitrogens is 2. The molecule has 2 N–H and O–H groups in total. The van der Waals surface area contributed by atoms with E-state index in [-0.39, 0.29) is 12.1 Å². The summed E-state index contributed by atoms with van der Waals surface area (Å²) < 4.78 is 10.4. The predicted octanol–water partition coefficient (Wildman–Crippen LogP) is 0.910. The molecule has 5 heteroatoms. The van der Waals surface area contributed by atoms with E-state index in [1.165, 1.54) is 6.33 Å². The van der Waals surface area contributed by atoms with Crippen molar-refractivity contribution in [1.82, 2.24) is 9.97 Å². The lowest BCUT2D eigenvalue weighted by Gasteiger charge is -2.13. The third-order valence-corrected chi connectivity index (χ3v) is 1.86. The van der Waals surface area contributed by atoms with Crippen LogP contribution in [0.3, 0.4) is 0 Å².